The number of ether oxygens (including phenoxy) is 2. The van der Waals surface area contributed by atoms with E-state index in [2.05, 4.69) is 11.1 Å². The molecule has 0 aliphatic heterocycles. The van der Waals surface area contributed by atoms with Crippen molar-refractivity contribution in [3.05, 3.63) is 39.8 Å². The van der Waals surface area contributed by atoms with Gasteiger partial charge in [-0.15, -0.1) is 11.3 Å². The van der Waals surface area contributed by atoms with Gasteiger partial charge >= 0.3 is 0 Å². The molecule has 0 aliphatic carbocycles. The topological polar surface area (TPSA) is 55.1 Å². The first-order chi connectivity index (χ1) is 9.63. The normalized spacial score (nSPS) is 10.3. The fourth-order valence-electron chi connectivity index (χ4n) is 1.75. The van der Waals surface area contributed by atoms with E-state index in [-0.39, 0.29) is 5.92 Å². The highest BCUT2D eigenvalue weighted by Crippen LogP contribution is 2.26. The zero-order valence-electron chi connectivity index (χ0n) is 11.7. The summed E-state index contributed by atoms with van der Waals surface area (Å²) in [6.07, 6.45) is 0. The van der Waals surface area contributed by atoms with Crippen molar-refractivity contribution < 1.29 is 9.47 Å². The Balaban J connectivity index is 2.09. The fourth-order valence-corrected chi connectivity index (χ4v) is 2.68. The number of methoxy groups -OCH3 is 1. The van der Waals surface area contributed by atoms with Gasteiger partial charge in [0.2, 0.25) is 0 Å². The zero-order chi connectivity index (χ0) is 14.5. The summed E-state index contributed by atoms with van der Waals surface area (Å²) >= 11 is 1.39. The van der Waals surface area contributed by atoms with E-state index in [0.717, 1.165) is 22.2 Å². The van der Waals surface area contributed by atoms with Gasteiger partial charge in [-0.3, -0.25) is 0 Å². The summed E-state index contributed by atoms with van der Waals surface area (Å²) in [5.74, 6) is 1.72. The summed E-state index contributed by atoms with van der Waals surface area (Å²) in [4.78, 5) is 5.15. The lowest BCUT2D eigenvalue weighted by molar-refractivity contribution is 0.302. The maximum Gasteiger partial charge on any atom is 0.140 e. The molecule has 1 aromatic heterocycles. The second-order valence-electron chi connectivity index (χ2n) is 4.56. The largest absolute Gasteiger partial charge is 0.497 e. The predicted molar refractivity (Wildman–Crippen MR) is 78.2 cm³/mol. The fraction of sp³-hybridized carbons (Fsp3) is 0.333. The third-order valence-electron chi connectivity index (χ3n) is 2.75. The van der Waals surface area contributed by atoms with Crippen molar-refractivity contribution in [2.45, 2.75) is 26.4 Å². The van der Waals surface area contributed by atoms with Crippen molar-refractivity contribution in [1.29, 1.82) is 5.26 Å². The molecule has 2 rings (SSSR count). The minimum Gasteiger partial charge on any atom is -0.497 e. The lowest BCUT2D eigenvalue weighted by Crippen LogP contribution is -1.96. The summed E-state index contributed by atoms with van der Waals surface area (Å²) in [5, 5.41) is 9.91. The van der Waals surface area contributed by atoms with E-state index >= 15 is 0 Å². The Morgan fingerprint density at radius 1 is 1.35 bits per heavy atom. The molecule has 1 heterocycles. The highest BCUT2D eigenvalue weighted by molar-refractivity contribution is 7.12. The Morgan fingerprint density at radius 3 is 2.70 bits per heavy atom. The van der Waals surface area contributed by atoms with E-state index in [1.54, 1.807) is 7.11 Å². The summed E-state index contributed by atoms with van der Waals surface area (Å²) < 4.78 is 10.8. The Morgan fingerprint density at radius 2 is 2.10 bits per heavy atom. The lowest BCUT2D eigenvalue weighted by atomic mass is 10.1. The number of aromatic nitrogens is 1. The minimum absolute atomic E-state index is 0.242. The number of thiazole rings is 1. The number of hydrogen-bond acceptors (Lipinski definition) is 5. The minimum atomic E-state index is 0.242. The van der Waals surface area contributed by atoms with Gasteiger partial charge in [0.05, 0.1) is 12.8 Å². The lowest BCUT2D eigenvalue weighted by Gasteiger charge is -2.05. The van der Waals surface area contributed by atoms with Crippen molar-refractivity contribution in [3.8, 4) is 17.6 Å². The molecule has 0 saturated heterocycles. The van der Waals surface area contributed by atoms with Crippen molar-refractivity contribution in [1.82, 2.24) is 4.98 Å². The molecule has 2 aromatic rings. The van der Waals surface area contributed by atoms with Crippen LogP contribution in [-0.4, -0.2) is 12.1 Å². The number of hydrogen-bond donors (Lipinski definition) is 0. The molecule has 0 N–H and O–H groups in total. The average Bonchev–Trinajstić information content (AvgIpc) is 2.89. The van der Waals surface area contributed by atoms with E-state index in [1.807, 2.05) is 38.1 Å². The van der Waals surface area contributed by atoms with Crippen LogP contribution in [0.3, 0.4) is 0 Å². The monoisotopic (exact) mass is 288 g/mol. The number of nitriles is 1. The summed E-state index contributed by atoms with van der Waals surface area (Å²) in [5.41, 5.74) is 0.849. The van der Waals surface area contributed by atoms with E-state index in [1.165, 1.54) is 11.3 Å². The Hall–Kier alpha value is -2.06. The average molecular weight is 288 g/mol. The molecule has 0 atom stereocenters. The van der Waals surface area contributed by atoms with Crippen LogP contribution in [0.15, 0.2) is 24.3 Å². The Kier molecular flexibility index (Phi) is 4.59. The van der Waals surface area contributed by atoms with Gasteiger partial charge in [-0.2, -0.15) is 5.26 Å². The van der Waals surface area contributed by atoms with E-state index < -0.39 is 0 Å². The SMILES string of the molecule is COc1cccc(OCc2nc(C(C)C)c(C#N)s2)c1. The molecule has 0 radical (unpaired) electrons. The Bertz CT molecular complexity index is 629. The van der Waals surface area contributed by atoms with Crippen molar-refractivity contribution in [2.75, 3.05) is 7.11 Å². The van der Waals surface area contributed by atoms with E-state index in [0.29, 0.717) is 11.5 Å². The zero-order valence-corrected chi connectivity index (χ0v) is 12.5. The van der Waals surface area contributed by atoms with Crippen LogP contribution in [0.1, 0.15) is 35.3 Å². The third-order valence-corrected chi connectivity index (χ3v) is 3.70. The van der Waals surface area contributed by atoms with E-state index in [9.17, 15) is 0 Å². The van der Waals surface area contributed by atoms with Crippen LogP contribution >= 0.6 is 11.3 Å². The van der Waals surface area contributed by atoms with Gasteiger partial charge < -0.3 is 9.47 Å². The summed E-state index contributed by atoms with van der Waals surface area (Å²) in [6.45, 7) is 4.42. The maximum atomic E-state index is 9.10. The highest BCUT2D eigenvalue weighted by Gasteiger charge is 2.14. The maximum absolute atomic E-state index is 9.10. The number of benzene rings is 1. The standard InChI is InChI=1S/C15H16N2O2S/c1-10(2)15-13(8-16)20-14(17-15)9-19-12-6-4-5-11(7-12)18-3/h4-7,10H,9H2,1-3H3. The van der Waals surface area contributed by atoms with Crippen LogP contribution < -0.4 is 9.47 Å². The summed E-state index contributed by atoms with van der Waals surface area (Å²) in [6, 6.07) is 9.61. The number of nitrogens with zero attached hydrogens (tertiary/aromatic N) is 2. The second-order valence-corrected chi connectivity index (χ2v) is 5.64. The van der Waals surface area contributed by atoms with Gasteiger partial charge in [-0.05, 0) is 18.1 Å². The highest BCUT2D eigenvalue weighted by atomic mass is 32.1. The van der Waals surface area contributed by atoms with Gasteiger partial charge in [-0.1, -0.05) is 19.9 Å². The quantitative estimate of drug-likeness (QED) is 0.841. The molecule has 0 spiro atoms. The van der Waals surface area contributed by atoms with Crippen LogP contribution in [0.5, 0.6) is 11.5 Å². The molecule has 0 fully saturated rings. The molecule has 1 aromatic carbocycles. The molecular formula is C15H16N2O2S. The van der Waals surface area contributed by atoms with Gasteiger partial charge in [-0.25, -0.2) is 4.98 Å². The summed E-state index contributed by atoms with van der Waals surface area (Å²) in [7, 11) is 1.62. The second kappa shape index (κ2) is 6.40. The van der Waals surface area contributed by atoms with Gasteiger partial charge in [0, 0.05) is 6.07 Å². The molecular weight excluding hydrogens is 272 g/mol. The van der Waals surface area contributed by atoms with Crippen LogP contribution in [0.25, 0.3) is 0 Å². The van der Waals surface area contributed by atoms with Gasteiger partial charge in [0.1, 0.15) is 34.1 Å². The Labute approximate surface area is 122 Å². The molecule has 0 aliphatic rings. The molecule has 4 nitrogen and oxygen atoms in total. The molecule has 0 unspecified atom stereocenters. The number of rotatable bonds is 5. The van der Waals surface area contributed by atoms with Crippen LogP contribution in [0, 0.1) is 11.3 Å². The molecule has 0 bridgehead atoms. The molecule has 20 heavy (non-hydrogen) atoms. The van der Waals surface area contributed by atoms with Gasteiger partial charge in [0.15, 0.2) is 0 Å². The first-order valence-corrected chi connectivity index (χ1v) is 7.12. The third kappa shape index (κ3) is 3.28. The van der Waals surface area contributed by atoms with Crippen LogP contribution in [0.2, 0.25) is 0 Å². The van der Waals surface area contributed by atoms with Crippen molar-refractivity contribution >= 4 is 11.3 Å². The predicted octanol–water partition coefficient (Wildman–Crippen LogP) is 3.73. The molecule has 5 heteroatoms. The smallest absolute Gasteiger partial charge is 0.140 e. The van der Waals surface area contributed by atoms with Crippen LogP contribution in [-0.2, 0) is 6.61 Å². The van der Waals surface area contributed by atoms with Crippen LogP contribution in [0.4, 0.5) is 0 Å². The van der Waals surface area contributed by atoms with Crippen molar-refractivity contribution in [2.24, 2.45) is 0 Å². The molecule has 104 valence electrons. The molecule has 0 amide bonds. The molecule has 0 saturated carbocycles. The van der Waals surface area contributed by atoms with Gasteiger partial charge in [0.25, 0.3) is 0 Å². The first-order valence-electron chi connectivity index (χ1n) is 6.30. The first kappa shape index (κ1) is 14.4. The van der Waals surface area contributed by atoms with E-state index in [4.69, 9.17) is 14.7 Å². The van der Waals surface area contributed by atoms with Crippen molar-refractivity contribution in [3.63, 3.8) is 0 Å².